The number of hydrogen-bond acceptors (Lipinski definition) is 4. The molecule has 0 atom stereocenters. The van der Waals surface area contributed by atoms with E-state index in [0.29, 0.717) is 34.7 Å². The van der Waals surface area contributed by atoms with E-state index in [2.05, 4.69) is 31.9 Å². The minimum atomic E-state index is -0.304. The van der Waals surface area contributed by atoms with Crippen LogP contribution in [0.15, 0.2) is 45.3 Å². The summed E-state index contributed by atoms with van der Waals surface area (Å²) in [7, 11) is 1.54. The second-order valence-electron chi connectivity index (χ2n) is 4.68. The highest BCUT2D eigenvalue weighted by atomic mass is 79.9. The van der Waals surface area contributed by atoms with Crippen molar-refractivity contribution >= 4 is 37.8 Å². The molecule has 23 heavy (non-hydrogen) atoms. The third-order valence-electron chi connectivity index (χ3n) is 3.00. The predicted molar refractivity (Wildman–Crippen MR) is 95.1 cm³/mol. The lowest BCUT2D eigenvalue weighted by Gasteiger charge is -2.14. The van der Waals surface area contributed by atoms with E-state index >= 15 is 0 Å². The lowest BCUT2D eigenvalue weighted by molar-refractivity contribution is -0.134. The quantitative estimate of drug-likeness (QED) is 0.459. The maximum absolute atomic E-state index is 11.4. The third-order valence-corrected chi connectivity index (χ3v) is 4.08. The van der Waals surface area contributed by atoms with Gasteiger partial charge in [0.25, 0.3) is 0 Å². The van der Waals surface area contributed by atoms with Gasteiger partial charge >= 0.3 is 5.97 Å². The molecule has 4 nitrogen and oxygen atoms in total. The molecule has 0 spiro atoms. The van der Waals surface area contributed by atoms with Crippen molar-refractivity contribution in [2.75, 3.05) is 7.11 Å². The van der Waals surface area contributed by atoms with Gasteiger partial charge in [-0.3, -0.25) is 4.79 Å². The van der Waals surface area contributed by atoms with Crippen molar-refractivity contribution in [1.82, 2.24) is 0 Å². The van der Waals surface area contributed by atoms with Crippen LogP contribution in [0.1, 0.15) is 18.9 Å². The lowest BCUT2D eigenvalue weighted by atomic mass is 10.2. The molecule has 6 heteroatoms. The molecule has 0 fully saturated rings. The fraction of sp³-hybridized carbons (Fsp3) is 0.235. The highest BCUT2D eigenvalue weighted by Gasteiger charge is 2.14. The van der Waals surface area contributed by atoms with Gasteiger partial charge in [-0.2, -0.15) is 0 Å². The van der Waals surface area contributed by atoms with Gasteiger partial charge in [-0.15, -0.1) is 0 Å². The number of hydrogen-bond donors (Lipinski definition) is 0. The number of esters is 1. The highest BCUT2D eigenvalue weighted by Crippen LogP contribution is 2.39. The van der Waals surface area contributed by atoms with Crippen LogP contribution in [-0.4, -0.2) is 13.1 Å². The predicted octanol–water partition coefficient (Wildman–Crippen LogP) is 5.11. The van der Waals surface area contributed by atoms with E-state index in [0.717, 1.165) is 10.0 Å². The molecule has 2 aromatic carbocycles. The second-order valence-corrected chi connectivity index (χ2v) is 6.45. The first-order valence-electron chi connectivity index (χ1n) is 6.99. The Morgan fingerprint density at radius 3 is 2.61 bits per heavy atom. The van der Waals surface area contributed by atoms with E-state index in [4.69, 9.17) is 14.2 Å². The Labute approximate surface area is 152 Å². The number of halogens is 2. The van der Waals surface area contributed by atoms with Gasteiger partial charge in [0.2, 0.25) is 0 Å². The Kier molecular flexibility index (Phi) is 6.47. The van der Waals surface area contributed by atoms with Crippen LogP contribution >= 0.6 is 31.9 Å². The van der Waals surface area contributed by atoms with Gasteiger partial charge in [-0.1, -0.05) is 35.0 Å². The van der Waals surface area contributed by atoms with E-state index in [1.165, 1.54) is 0 Å². The largest absolute Gasteiger partial charge is 0.493 e. The Balaban J connectivity index is 2.19. The standard InChI is InChI=1S/C17H16Br2O4/c1-3-16(20)23-13-8-14(19)17(15(9-13)21-2)22-10-11-5-4-6-12(18)7-11/h4-9H,3,10H2,1-2H3. The van der Waals surface area contributed by atoms with Crippen LogP contribution in [0.3, 0.4) is 0 Å². The van der Waals surface area contributed by atoms with E-state index in [1.807, 2.05) is 24.3 Å². The molecule has 2 aromatic rings. The van der Waals surface area contributed by atoms with Crippen LogP contribution in [-0.2, 0) is 11.4 Å². The highest BCUT2D eigenvalue weighted by molar-refractivity contribution is 9.10. The minimum Gasteiger partial charge on any atom is -0.493 e. The third kappa shape index (κ3) is 4.97. The topological polar surface area (TPSA) is 44.8 Å². The summed E-state index contributed by atoms with van der Waals surface area (Å²) >= 11 is 6.87. The zero-order chi connectivity index (χ0) is 16.8. The Bertz CT molecular complexity index is 701. The first-order chi connectivity index (χ1) is 11.0. The molecule has 0 saturated carbocycles. The molecule has 0 saturated heterocycles. The summed E-state index contributed by atoms with van der Waals surface area (Å²) in [6, 6.07) is 11.2. The Morgan fingerprint density at radius 2 is 1.96 bits per heavy atom. The van der Waals surface area contributed by atoms with E-state index in [-0.39, 0.29) is 5.97 Å². The summed E-state index contributed by atoms with van der Waals surface area (Å²) in [5, 5.41) is 0. The van der Waals surface area contributed by atoms with Crippen molar-refractivity contribution in [3.05, 3.63) is 50.9 Å². The molecular weight excluding hydrogens is 428 g/mol. The number of benzene rings is 2. The van der Waals surface area contributed by atoms with Crippen LogP contribution < -0.4 is 14.2 Å². The SMILES string of the molecule is CCC(=O)Oc1cc(Br)c(OCc2cccc(Br)c2)c(OC)c1. The van der Waals surface area contributed by atoms with E-state index in [9.17, 15) is 4.79 Å². The molecule has 0 aliphatic heterocycles. The van der Waals surface area contributed by atoms with Crippen LogP contribution in [0, 0.1) is 0 Å². The molecule has 122 valence electrons. The minimum absolute atomic E-state index is 0.304. The van der Waals surface area contributed by atoms with Gasteiger partial charge in [0.15, 0.2) is 11.5 Å². The van der Waals surface area contributed by atoms with Crippen molar-refractivity contribution in [3.8, 4) is 17.2 Å². The average molecular weight is 444 g/mol. The first kappa shape index (κ1) is 17.8. The molecular formula is C17H16Br2O4. The number of methoxy groups -OCH3 is 1. The Morgan fingerprint density at radius 1 is 1.17 bits per heavy atom. The maximum Gasteiger partial charge on any atom is 0.310 e. The summed E-state index contributed by atoms with van der Waals surface area (Å²) in [6.07, 6.45) is 0.307. The molecule has 0 aliphatic carbocycles. The molecule has 0 aliphatic rings. The monoisotopic (exact) mass is 442 g/mol. The zero-order valence-corrected chi connectivity index (χ0v) is 15.9. The summed E-state index contributed by atoms with van der Waals surface area (Å²) in [6.45, 7) is 2.13. The van der Waals surface area contributed by atoms with Gasteiger partial charge in [0.05, 0.1) is 11.6 Å². The molecule has 0 amide bonds. The van der Waals surface area contributed by atoms with Crippen molar-refractivity contribution in [3.63, 3.8) is 0 Å². The Hall–Kier alpha value is -1.53. The van der Waals surface area contributed by atoms with Gasteiger partial charge in [0, 0.05) is 17.0 Å². The number of ether oxygens (including phenoxy) is 3. The van der Waals surface area contributed by atoms with Crippen molar-refractivity contribution in [1.29, 1.82) is 0 Å². The first-order valence-corrected chi connectivity index (χ1v) is 8.57. The van der Waals surface area contributed by atoms with E-state index in [1.54, 1.807) is 26.2 Å². The molecule has 2 rings (SSSR count). The van der Waals surface area contributed by atoms with Crippen LogP contribution in [0.5, 0.6) is 17.2 Å². The smallest absolute Gasteiger partial charge is 0.310 e. The molecule has 0 aromatic heterocycles. The van der Waals surface area contributed by atoms with Gasteiger partial charge in [0.1, 0.15) is 12.4 Å². The summed E-state index contributed by atoms with van der Waals surface area (Å²) in [5.74, 6) is 1.16. The fourth-order valence-electron chi connectivity index (χ4n) is 1.88. The molecule has 0 unspecified atom stereocenters. The van der Waals surface area contributed by atoms with Gasteiger partial charge in [-0.05, 0) is 39.7 Å². The second kappa shape index (κ2) is 8.36. The number of rotatable bonds is 6. The summed E-state index contributed by atoms with van der Waals surface area (Å²) < 4.78 is 18.1. The summed E-state index contributed by atoms with van der Waals surface area (Å²) in [5.41, 5.74) is 1.02. The summed E-state index contributed by atoms with van der Waals surface area (Å²) in [4.78, 5) is 11.4. The fourth-order valence-corrected chi connectivity index (χ4v) is 2.86. The van der Waals surface area contributed by atoms with Crippen molar-refractivity contribution < 1.29 is 19.0 Å². The van der Waals surface area contributed by atoms with Crippen molar-refractivity contribution in [2.24, 2.45) is 0 Å². The number of carbonyl (C=O) groups is 1. The van der Waals surface area contributed by atoms with Crippen molar-refractivity contribution in [2.45, 2.75) is 20.0 Å². The molecule has 0 radical (unpaired) electrons. The number of carbonyl (C=O) groups excluding carboxylic acids is 1. The maximum atomic E-state index is 11.4. The lowest BCUT2D eigenvalue weighted by Crippen LogP contribution is -2.06. The van der Waals surface area contributed by atoms with E-state index < -0.39 is 0 Å². The average Bonchev–Trinajstić information content (AvgIpc) is 2.53. The molecule has 0 N–H and O–H groups in total. The zero-order valence-electron chi connectivity index (χ0n) is 12.8. The molecule has 0 heterocycles. The van der Waals surface area contributed by atoms with Crippen LogP contribution in [0.4, 0.5) is 0 Å². The molecule has 0 bridgehead atoms. The van der Waals surface area contributed by atoms with Gasteiger partial charge < -0.3 is 14.2 Å². The van der Waals surface area contributed by atoms with Crippen LogP contribution in [0.2, 0.25) is 0 Å². The normalized spacial score (nSPS) is 10.3. The van der Waals surface area contributed by atoms with Gasteiger partial charge in [-0.25, -0.2) is 0 Å². The van der Waals surface area contributed by atoms with Crippen LogP contribution in [0.25, 0.3) is 0 Å².